The predicted octanol–water partition coefficient (Wildman–Crippen LogP) is 3.58. The highest BCUT2D eigenvalue weighted by Gasteiger charge is 2.52. The number of hydrogen-bond acceptors (Lipinski definition) is 5. The molecular weight excluding hydrogens is 395 g/mol. The molecule has 2 aromatic rings. The summed E-state index contributed by atoms with van der Waals surface area (Å²) in [5.74, 6) is 0.872. The number of hydrogen-bond donors (Lipinski definition) is 2. The van der Waals surface area contributed by atoms with Crippen LogP contribution < -0.4 is 15.8 Å². The van der Waals surface area contributed by atoms with Crippen LogP contribution in [-0.2, 0) is 16.8 Å². The Bertz CT molecular complexity index is 906. The molecule has 3 N–H and O–H groups in total. The van der Waals surface area contributed by atoms with Gasteiger partial charge in [-0.2, -0.15) is 10.2 Å². The molecule has 1 amide bonds. The van der Waals surface area contributed by atoms with Crippen LogP contribution in [0.5, 0.6) is 5.75 Å². The van der Waals surface area contributed by atoms with Crippen LogP contribution in [0.2, 0.25) is 0 Å². The lowest BCUT2D eigenvalue weighted by Gasteiger charge is -2.52. The largest absolute Gasteiger partial charge is 0.489 e. The minimum Gasteiger partial charge on any atom is -0.489 e. The van der Waals surface area contributed by atoms with Gasteiger partial charge in [0.1, 0.15) is 12.4 Å². The molecular formula is C24H29FN4O2. The van der Waals surface area contributed by atoms with Crippen molar-refractivity contribution in [2.24, 2.45) is 11.1 Å². The van der Waals surface area contributed by atoms with Gasteiger partial charge >= 0.3 is 0 Å². The van der Waals surface area contributed by atoms with E-state index in [1.807, 2.05) is 18.2 Å². The van der Waals surface area contributed by atoms with Gasteiger partial charge < -0.3 is 15.8 Å². The van der Waals surface area contributed by atoms with E-state index in [0.717, 1.165) is 44.1 Å². The number of aromatic nitrogens is 2. The third-order valence-corrected chi connectivity index (χ3v) is 7.13. The van der Waals surface area contributed by atoms with Crippen LogP contribution in [0.1, 0.15) is 49.7 Å². The zero-order chi connectivity index (χ0) is 21.7. The van der Waals surface area contributed by atoms with Crippen LogP contribution in [-0.4, -0.2) is 29.3 Å². The fourth-order valence-corrected chi connectivity index (χ4v) is 4.97. The molecule has 31 heavy (non-hydrogen) atoms. The van der Waals surface area contributed by atoms with Crippen molar-refractivity contribution < 1.29 is 13.9 Å². The van der Waals surface area contributed by atoms with E-state index < -0.39 is 0 Å². The van der Waals surface area contributed by atoms with Crippen LogP contribution in [0.4, 0.5) is 4.39 Å². The Morgan fingerprint density at radius 3 is 2.39 bits per heavy atom. The van der Waals surface area contributed by atoms with E-state index in [0.29, 0.717) is 24.2 Å². The predicted molar refractivity (Wildman–Crippen MR) is 116 cm³/mol. The van der Waals surface area contributed by atoms with Crippen molar-refractivity contribution in [3.63, 3.8) is 0 Å². The molecule has 1 aromatic carbocycles. The van der Waals surface area contributed by atoms with Crippen molar-refractivity contribution in [2.45, 2.75) is 50.5 Å². The van der Waals surface area contributed by atoms with Gasteiger partial charge in [-0.1, -0.05) is 12.1 Å². The van der Waals surface area contributed by atoms with Crippen molar-refractivity contribution in [2.75, 3.05) is 13.2 Å². The second-order valence-electron chi connectivity index (χ2n) is 8.78. The minimum atomic E-state index is -0.247. The lowest BCUT2D eigenvalue weighted by Crippen LogP contribution is -2.51. The third-order valence-electron chi connectivity index (χ3n) is 7.13. The van der Waals surface area contributed by atoms with Gasteiger partial charge in [0.05, 0.1) is 12.5 Å². The van der Waals surface area contributed by atoms with Gasteiger partial charge in [0.25, 0.3) is 0 Å². The van der Waals surface area contributed by atoms with Gasteiger partial charge in [-0.15, -0.1) is 0 Å². The van der Waals surface area contributed by atoms with Crippen molar-refractivity contribution >= 4 is 5.91 Å². The highest BCUT2D eigenvalue weighted by Crippen LogP contribution is 2.57. The summed E-state index contributed by atoms with van der Waals surface area (Å²) in [6.07, 6.45) is 9.60. The smallest absolute Gasteiger partial charge is 0.226 e. The number of nitrogens with zero attached hydrogens (tertiary/aromatic N) is 2. The molecule has 3 aliphatic carbocycles. The standard InChI is InChI=1S/C24H29FN4O2/c25-13-19(14-26)17-31-21-3-1-20(2-4-21)23-6-9-24(10-7-23,11-8-23)22(30)27-15-18-5-12-28-29-16-18/h1-5,12-13,16H,6-11,14-15,17,26H2,(H,27,30)/b19-13+. The molecule has 0 saturated heterocycles. The fraction of sp³-hybridized carbons (Fsp3) is 0.458. The number of amides is 1. The maximum atomic E-state index is 13.0. The zero-order valence-electron chi connectivity index (χ0n) is 17.6. The SMILES string of the molecule is NC/C(=C\F)COc1ccc(C23CCC(C(=O)NCc4ccnnc4)(CC2)CC3)cc1. The Labute approximate surface area is 182 Å². The summed E-state index contributed by atoms with van der Waals surface area (Å²) in [5, 5.41) is 10.8. The van der Waals surface area contributed by atoms with Crippen molar-refractivity contribution in [3.8, 4) is 5.75 Å². The summed E-state index contributed by atoms with van der Waals surface area (Å²) in [5.41, 5.74) is 8.05. The van der Waals surface area contributed by atoms with Crippen molar-refractivity contribution in [1.29, 1.82) is 0 Å². The minimum absolute atomic E-state index is 0.136. The van der Waals surface area contributed by atoms with Crippen LogP contribution in [0, 0.1) is 5.41 Å². The zero-order valence-corrected chi connectivity index (χ0v) is 17.6. The monoisotopic (exact) mass is 424 g/mol. The molecule has 7 heteroatoms. The summed E-state index contributed by atoms with van der Waals surface area (Å²) < 4.78 is 18.3. The Morgan fingerprint density at radius 1 is 1.10 bits per heavy atom. The van der Waals surface area contributed by atoms with Gasteiger partial charge in [-0.3, -0.25) is 4.79 Å². The molecule has 6 nitrogen and oxygen atoms in total. The molecule has 2 bridgehead atoms. The molecule has 5 rings (SSSR count). The molecule has 0 atom stereocenters. The van der Waals surface area contributed by atoms with Crippen LogP contribution in [0.3, 0.4) is 0 Å². The number of halogens is 1. The van der Waals surface area contributed by atoms with Crippen LogP contribution in [0.25, 0.3) is 0 Å². The van der Waals surface area contributed by atoms with Crippen LogP contribution in [0.15, 0.2) is 54.6 Å². The van der Waals surface area contributed by atoms with E-state index in [9.17, 15) is 9.18 Å². The average Bonchev–Trinajstić information content (AvgIpc) is 2.85. The number of ether oxygens (including phenoxy) is 1. The third kappa shape index (κ3) is 4.46. The average molecular weight is 425 g/mol. The number of carbonyl (C=O) groups excluding carboxylic acids is 1. The van der Waals surface area contributed by atoms with Crippen LogP contribution >= 0.6 is 0 Å². The topological polar surface area (TPSA) is 90.1 Å². The number of rotatable bonds is 8. The van der Waals surface area contributed by atoms with Crippen molar-refractivity contribution in [3.05, 3.63) is 65.8 Å². The first-order chi connectivity index (χ1) is 15.1. The van der Waals surface area contributed by atoms with E-state index >= 15 is 0 Å². The van der Waals surface area contributed by atoms with Gasteiger partial charge in [-0.05, 0) is 73.3 Å². The lowest BCUT2D eigenvalue weighted by atomic mass is 9.51. The molecule has 1 aromatic heterocycles. The molecule has 0 spiro atoms. The normalized spacial score (nSPS) is 25.3. The Hall–Kier alpha value is -2.80. The summed E-state index contributed by atoms with van der Waals surface area (Å²) in [6.45, 7) is 0.795. The van der Waals surface area contributed by atoms with E-state index in [1.54, 1.807) is 12.4 Å². The molecule has 0 aliphatic heterocycles. The molecule has 164 valence electrons. The Morgan fingerprint density at radius 2 is 1.81 bits per heavy atom. The first kappa shape index (κ1) is 21.4. The van der Waals surface area contributed by atoms with E-state index in [4.69, 9.17) is 10.5 Å². The van der Waals surface area contributed by atoms with E-state index in [2.05, 4.69) is 27.6 Å². The van der Waals surface area contributed by atoms with Gasteiger partial charge in [0.2, 0.25) is 5.91 Å². The summed E-state index contributed by atoms with van der Waals surface area (Å²) in [6, 6.07) is 10.00. The second-order valence-corrected chi connectivity index (χ2v) is 8.78. The fourth-order valence-electron chi connectivity index (χ4n) is 4.97. The van der Waals surface area contributed by atoms with Gasteiger partial charge in [0, 0.05) is 30.3 Å². The maximum absolute atomic E-state index is 13.0. The molecule has 0 radical (unpaired) electrons. The van der Waals surface area contributed by atoms with E-state index in [-0.39, 0.29) is 29.9 Å². The quantitative estimate of drug-likeness (QED) is 0.676. The molecule has 3 aliphatic rings. The highest BCUT2D eigenvalue weighted by atomic mass is 19.1. The molecule has 3 saturated carbocycles. The summed E-state index contributed by atoms with van der Waals surface area (Å²) in [7, 11) is 0. The maximum Gasteiger partial charge on any atom is 0.226 e. The highest BCUT2D eigenvalue weighted by molar-refractivity contribution is 5.83. The van der Waals surface area contributed by atoms with Gasteiger partial charge in [-0.25, -0.2) is 4.39 Å². The van der Waals surface area contributed by atoms with Gasteiger partial charge in [0.15, 0.2) is 0 Å². The summed E-state index contributed by atoms with van der Waals surface area (Å²) >= 11 is 0. The number of benzene rings is 1. The molecule has 1 heterocycles. The van der Waals surface area contributed by atoms with E-state index in [1.165, 1.54) is 5.56 Å². The number of nitrogens with two attached hydrogens (primary N) is 1. The first-order valence-electron chi connectivity index (χ1n) is 10.8. The Kier molecular flexibility index (Phi) is 6.32. The first-order valence-corrected chi connectivity index (χ1v) is 10.8. The lowest BCUT2D eigenvalue weighted by molar-refractivity contribution is -0.138. The number of carbonyl (C=O) groups is 1. The Balaban J connectivity index is 1.35. The second kappa shape index (κ2) is 9.14. The number of nitrogens with one attached hydrogen (secondary N) is 1. The molecule has 0 unspecified atom stereocenters. The number of fused-ring (bicyclic) bond motifs is 3. The van der Waals surface area contributed by atoms with Crippen molar-refractivity contribution in [1.82, 2.24) is 15.5 Å². The molecule has 3 fully saturated rings. The summed E-state index contributed by atoms with van der Waals surface area (Å²) in [4.78, 5) is 13.0.